The quantitative estimate of drug-likeness (QED) is 0.867. The molecule has 26 heavy (non-hydrogen) atoms. The second-order valence-electron chi connectivity index (χ2n) is 7.60. The highest BCUT2D eigenvalue weighted by Gasteiger charge is 2.20. The first-order chi connectivity index (χ1) is 12.5. The van der Waals surface area contributed by atoms with Gasteiger partial charge in [0.25, 0.3) is 0 Å². The number of aryl methyl sites for hydroxylation is 1. The van der Waals surface area contributed by atoms with E-state index >= 15 is 0 Å². The second-order valence-corrected chi connectivity index (χ2v) is 7.60. The number of hydrogen-bond donors (Lipinski definition) is 1. The van der Waals surface area contributed by atoms with Crippen LogP contribution in [0.2, 0.25) is 0 Å². The summed E-state index contributed by atoms with van der Waals surface area (Å²) in [5.74, 6) is -1.07. The smallest absolute Gasteiger partial charge is 0.0736 e. The minimum atomic E-state index is -1.07. The predicted octanol–water partition coefficient (Wildman–Crippen LogP) is 3.25. The maximum Gasteiger partial charge on any atom is 0.0736 e. The Labute approximate surface area is 156 Å². The lowest BCUT2D eigenvalue weighted by molar-refractivity contribution is -0.255. The molecule has 2 aromatic rings. The Morgan fingerprint density at radius 1 is 1.15 bits per heavy atom. The minimum absolute atomic E-state index is 0.360. The average Bonchev–Trinajstić information content (AvgIpc) is 2.85. The molecule has 1 aliphatic rings. The standard InChI is InChI=1S/C22H30N2O2/c1-15-8-7-9-18(12-15)14-24-16(2)20(21(17(24)3)22(25)26)13-23-19-10-5-4-6-11-19/h7-9,12,19,23H,4-6,10-11,13-14H2,1-3H3,(H,25,26)/p-1. The first-order valence-electron chi connectivity index (χ1n) is 9.66. The summed E-state index contributed by atoms with van der Waals surface area (Å²) in [5.41, 5.74) is 5.43. The van der Waals surface area contributed by atoms with Gasteiger partial charge in [0, 0.05) is 36.1 Å². The van der Waals surface area contributed by atoms with E-state index in [1.807, 2.05) is 19.9 Å². The summed E-state index contributed by atoms with van der Waals surface area (Å²) in [4.78, 5) is 11.8. The lowest BCUT2D eigenvalue weighted by atomic mass is 9.95. The molecule has 1 N–H and O–H groups in total. The highest BCUT2D eigenvalue weighted by molar-refractivity contribution is 5.89. The Balaban J connectivity index is 1.87. The number of aromatic carboxylic acids is 1. The maximum absolute atomic E-state index is 11.8. The van der Waals surface area contributed by atoms with Gasteiger partial charge in [-0.1, -0.05) is 49.1 Å². The fraction of sp³-hybridized carbons (Fsp3) is 0.500. The van der Waals surface area contributed by atoms with Gasteiger partial charge in [-0.25, -0.2) is 0 Å². The van der Waals surface area contributed by atoms with Gasteiger partial charge in [0.05, 0.1) is 5.97 Å². The highest BCUT2D eigenvalue weighted by atomic mass is 16.4. The minimum Gasteiger partial charge on any atom is -0.545 e. The van der Waals surface area contributed by atoms with Crippen LogP contribution in [0.15, 0.2) is 24.3 Å². The molecule has 0 radical (unpaired) electrons. The molecule has 0 spiro atoms. The molecule has 0 saturated heterocycles. The number of benzene rings is 1. The third-order valence-electron chi connectivity index (χ3n) is 5.71. The number of nitrogens with zero attached hydrogens (tertiary/aromatic N) is 1. The third kappa shape index (κ3) is 4.01. The van der Waals surface area contributed by atoms with Crippen LogP contribution >= 0.6 is 0 Å². The Hall–Kier alpha value is -2.07. The number of aromatic nitrogens is 1. The topological polar surface area (TPSA) is 57.1 Å². The van der Waals surface area contributed by atoms with Crippen molar-refractivity contribution in [3.8, 4) is 0 Å². The molecule has 1 saturated carbocycles. The molecule has 0 aliphatic heterocycles. The van der Waals surface area contributed by atoms with Crippen molar-refractivity contribution in [3.05, 3.63) is 57.9 Å². The van der Waals surface area contributed by atoms with Gasteiger partial charge in [-0.15, -0.1) is 0 Å². The second kappa shape index (κ2) is 8.09. The van der Waals surface area contributed by atoms with Crippen LogP contribution in [0.5, 0.6) is 0 Å². The van der Waals surface area contributed by atoms with Crippen molar-refractivity contribution in [2.24, 2.45) is 0 Å². The number of nitrogens with one attached hydrogen (secondary N) is 1. The van der Waals surface area contributed by atoms with E-state index in [1.165, 1.54) is 43.2 Å². The normalized spacial score (nSPS) is 15.3. The van der Waals surface area contributed by atoms with Crippen LogP contribution in [0.3, 0.4) is 0 Å². The predicted molar refractivity (Wildman–Crippen MR) is 102 cm³/mol. The Kier molecular flexibility index (Phi) is 5.82. The molecule has 3 rings (SSSR count). The summed E-state index contributed by atoms with van der Waals surface area (Å²) in [5, 5.41) is 15.4. The molecule has 1 aliphatic carbocycles. The summed E-state index contributed by atoms with van der Waals surface area (Å²) in [6.07, 6.45) is 6.20. The van der Waals surface area contributed by atoms with Crippen LogP contribution in [-0.2, 0) is 13.1 Å². The number of carboxylic acids is 1. The highest BCUT2D eigenvalue weighted by Crippen LogP contribution is 2.25. The number of rotatable bonds is 6. The SMILES string of the molecule is Cc1cccc(Cn2c(C)c(CNC3CCCCC3)c(C(=O)[O-])c2C)c1. The molecule has 140 valence electrons. The molecule has 0 unspecified atom stereocenters. The Bertz CT molecular complexity index is 786. The summed E-state index contributed by atoms with van der Waals surface area (Å²) in [6, 6.07) is 8.86. The molecule has 4 nitrogen and oxygen atoms in total. The van der Waals surface area contributed by atoms with Crippen molar-refractivity contribution in [2.45, 2.75) is 72.0 Å². The summed E-state index contributed by atoms with van der Waals surface area (Å²) >= 11 is 0. The lowest BCUT2D eigenvalue weighted by Crippen LogP contribution is -2.32. The van der Waals surface area contributed by atoms with Crippen LogP contribution < -0.4 is 10.4 Å². The average molecular weight is 353 g/mol. The van der Waals surface area contributed by atoms with Crippen LogP contribution in [0.1, 0.15) is 70.5 Å². The van der Waals surface area contributed by atoms with E-state index in [1.54, 1.807) is 0 Å². The first kappa shape index (κ1) is 18.7. The van der Waals surface area contributed by atoms with Crippen LogP contribution in [0.25, 0.3) is 0 Å². The lowest BCUT2D eigenvalue weighted by Gasteiger charge is -2.23. The molecule has 0 atom stereocenters. The molecular formula is C22H29N2O2-. The van der Waals surface area contributed by atoms with Gasteiger partial charge < -0.3 is 19.8 Å². The molecule has 1 heterocycles. The van der Waals surface area contributed by atoms with Crippen LogP contribution in [0, 0.1) is 20.8 Å². The largest absolute Gasteiger partial charge is 0.545 e. The number of carboxylic acid groups (broad SMARTS) is 1. The zero-order valence-electron chi connectivity index (χ0n) is 16.1. The zero-order valence-corrected chi connectivity index (χ0v) is 16.1. The van der Waals surface area contributed by atoms with E-state index in [0.717, 1.165) is 17.0 Å². The number of carbonyl (C=O) groups excluding carboxylic acids is 1. The van der Waals surface area contributed by atoms with E-state index < -0.39 is 5.97 Å². The van der Waals surface area contributed by atoms with Gasteiger partial charge in [0.15, 0.2) is 0 Å². The zero-order chi connectivity index (χ0) is 18.7. The fourth-order valence-electron chi connectivity index (χ4n) is 4.22. The van der Waals surface area contributed by atoms with E-state index in [2.05, 4.69) is 35.0 Å². The molecule has 1 fully saturated rings. The van der Waals surface area contributed by atoms with Crippen LogP contribution in [0.4, 0.5) is 0 Å². The molecule has 4 heteroatoms. The van der Waals surface area contributed by atoms with Crippen molar-refractivity contribution in [1.29, 1.82) is 0 Å². The Morgan fingerprint density at radius 2 is 1.88 bits per heavy atom. The van der Waals surface area contributed by atoms with E-state index in [4.69, 9.17) is 0 Å². The summed E-state index contributed by atoms with van der Waals surface area (Å²) < 4.78 is 2.11. The fourth-order valence-corrected chi connectivity index (χ4v) is 4.22. The first-order valence-corrected chi connectivity index (χ1v) is 9.66. The van der Waals surface area contributed by atoms with Crippen molar-refractivity contribution >= 4 is 5.97 Å². The van der Waals surface area contributed by atoms with E-state index in [9.17, 15) is 9.90 Å². The monoisotopic (exact) mass is 353 g/mol. The third-order valence-corrected chi connectivity index (χ3v) is 5.71. The van der Waals surface area contributed by atoms with Crippen molar-refractivity contribution < 1.29 is 9.90 Å². The van der Waals surface area contributed by atoms with Crippen molar-refractivity contribution in [1.82, 2.24) is 9.88 Å². The molecule has 0 bridgehead atoms. The van der Waals surface area contributed by atoms with E-state index in [-0.39, 0.29) is 0 Å². The van der Waals surface area contributed by atoms with Crippen molar-refractivity contribution in [3.63, 3.8) is 0 Å². The summed E-state index contributed by atoms with van der Waals surface area (Å²) in [7, 11) is 0. The number of carbonyl (C=O) groups is 1. The van der Waals surface area contributed by atoms with Gasteiger partial charge in [-0.3, -0.25) is 0 Å². The molecule has 1 aromatic heterocycles. The van der Waals surface area contributed by atoms with Gasteiger partial charge >= 0.3 is 0 Å². The molecule has 1 aromatic carbocycles. The maximum atomic E-state index is 11.8. The van der Waals surface area contributed by atoms with Gasteiger partial charge in [-0.05, 0) is 44.7 Å². The van der Waals surface area contributed by atoms with Gasteiger partial charge in [-0.2, -0.15) is 0 Å². The molecule has 0 amide bonds. The Morgan fingerprint density at radius 3 is 2.54 bits per heavy atom. The number of hydrogen-bond acceptors (Lipinski definition) is 3. The van der Waals surface area contributed by atoms with Crippen molar-refractivity contribution in [2.75, 3.05) is 0 Å². The van der Waals surface area contributed by atoms with Crippen LogP contribution in [-0.4, -0.2) is 16.6 Å². The summed E-state index contributed by atoms with van der Waals surface area (Å²) in [6.45, 7) is 7.26. The van der Waals surface area contributed by atoms with E-state index in [0.29, 0.717) is 24.7 Å². The molecular weight excluding hydrogens is 324 g/mol. The van der Waals surface area contributed by atoms with Gasteiger partial charge in [0.1, 0.15) is 0 Å². The van der Waals surface area contributed by atoms with Gasteiger partial charge in [0.2, 0.25) is 0 Å².